The van der Waals surface area contributed by atoms with Crippen LogP contribution in [-0.2, 0) is 10.9 Å². The largest absolute Gasteiger partial charge is 1.00 e. The van der Waals surface area contributed by atoms with Crippen molar-refractivity contribution in [2.75, 3.05) is 0 Å². The summed E-state index contributed by atoms with van der Waals surface area (Å²) in [7, 11) is 13.4. The van der Waals surface area contributed by atoms with Crippen LogP contribution in [0, 0.1) is 0 Å². The molecule has 0 fully saturated rings. The molecule has 0 saturated heterocycles. The number of rotatable bonds is 0. The van der Waals surface area contributed by atoms with Crippen molar-refractivity contribution in [3.8, 4) is 0 Å². The number of hydrogen-bond donors (Lipinski definition) is 0. The summed E-state index contributed by atoms with van der Waals surface area (Å²) in [5.74, 6) is 0. The van der Waals surface area contributed by atoms with Gasteiger partial charge in [0.25, 0.3) is 0 Å². The summed E-state index contributed by atoms with van der Waals surface area (Å²) in [6.45, 7) is 0. The maximum atomic E-state index is 4.87. The van der Waals surface area contributed by atoms with Crippen molar-refractivity contribution < 1.29 is 13.8 Å². The Morgan fingerprint density at radius 3 is 1.20 bits per heavy atom. The zero-order valence-electron chi connectivity index (χ0n) is 4.17. The molecule has 0 aliphatic carbocycles. The first-order valence-corrected chi connectivity index (χ1v) is 4.68. The minimum Gasteiger partial charge on any atom is -1.00 e. The minimum absolute atomic E-state index is 0. The van der Waals surface area contributed by atoms with Gasteiger partial charge in [0, 0.05) is 0 Å². The zero-order valence-corrected chi connectivity index (χ0v) is 9.92. The Balaban J connectivity index is -0.0000000150. The van der Waals surface area contributed by atoms with Crippen LogP contribution < -0.4 is 0 Å². The van der Waals surface area contributed by atoms with E-state index in [0.29, 0.717) is 0 Å². The fraction of sp³-hybridized carbons (Fsp3) is 0. The molecule has 0 heterocycles. The van der Waals surface area contributed by atoms with Gasteiger partial charge in [0.05, 0.1) is 0 Å². The molecule has 0 amide bonds. The molecule has 0 N–H and O–H groups in total. The Bertz CT molecular complexity index is 17.7. The normalized spacial score (nSPS) is 9.00. The van der Waals surface area contributed by atoms with E-state index in [1.807, 2.05) is 0 Å². The second kappa shape index (κ2) is 6.95. The third kappa shape index (κ3) is 19.6. The predicted molar refractivity (Wildman–Crippen MR) is 25.5 cm³/mol. The van der Waals surface area contributed by atoms with Gasteiger partial charge in [0.1, 0.15) is 0 Å². The van der Waals surface area contributed by atoms with Crippen LogP contribution in [0.2, 0.25) is 0 Å². The Kier molecular flexibility index (Phi) is 15.1. The molecule has 0 nitrogen and oxygen atoms in total. The monoisotopic (exact) mass is 304 g/mol. The predicted octanol–water partition coefficient (Wildman–Crippen LogP) is 1.91. The van der Waals surface area contributed by atoms with Crippen molar-refractivity contribution in [1.29, 1.82) is 0 Å². The quantitative estimate of drug-likeness (QED) is 0.600. The molecule has 0 rings (SSSR count). The first-order valence-electron chi connectivity index (χ1n) is 0.378. The summed E-state index contributed by atoms with van der Waals surface area (Å²) >= 11 is 0. The maximum absolute atomic E-state index is 4.87. The van der Waals surface area contributed by atoms with Crippen LogP contribution in [0.4, 0.5) is 0 Å². The van der Waals surface area contributed by atoms with E-state index in [1.165, 1.54) is 0 Å². The van der Waals surface area contributed by atoms with Crippen LogP contribution in [0.15, 0.2) is 0 Å². The first kappa shape index (κ1) is 10.8. The second-order valence-corrected chi connectivity index (χ2v) is 5.30. The van der Waals surface area contributed by atoms with Gasteiger partial charge in [-0.15, -0.1) is 0 Å². The Hall–Kier alpha value is 2.95. The standard InChI is InChI=1S/Ba.3ClH.Co.2H/h;3*1H;;;/q+2;;;;+3;2*-1/p-3. The van der Waals surface area contributed by atoms with Crippen molar-refractivity contribution in [2.24, 2.45) is 0 Å². The van der Waals surface area contributed by atoms with Crippen LogP contribution in [-0.4, -0.2) is 48.9 Å². The van der Waals surface area contributed by atoms with Crippen LogP contribution in [0.3, 0.4) is 0 Å². The van der Waals surface area contributed by atoms with Crippen LogP contribution >= 0.6 is 30.4 Å². The first-order chi connectivity index (χ1) is 1.73. The third-order valence-corrected chi connectivity index (χ3v) is 0. The average Bonchev–Trinajstić information content (AvgIpc) is 0.811. The molecule has 0 unspecified atom stereocenters. The van der Waals surface area contributed by atoms with Gasteiger partial charge in [-0.3, -0.25) is 0 Å². The van der Waals surface area contributed by atoms with Crippen molar-refractivity contribution in [3.05, 3.63) is 0 Å². The van der Waals surface area contributed by atoms with Gasteiger partial charge in [0.2, 0.25) is 0 Å². The van der Waals surface area contributed by atoms with E-state index in [1.54, 1.807) is 0 Å². The molecule has 0 aromatic carbocycles. The molecular formula is H2BaCl3Co. The van der Waals surface area contributed by atoms with E-state index < -0.39 is 10.9 Å². The Labute approximate surface area is 91.1 Å². The van der Waals surface area contributed by atoms with Gasteiger partial charge >= 0.3 is 90.3 Å². The van der Waals surface area contributed by atoms with Gasteiger partial charge in [-0.2, -0.15) is 0 Å². The van der Waals surface area contributed by atoms with Gasteiger partial charge in [-0.1, -0.05) is 0 Å². The Morgan fingerprint density at radius 2 is 1.20 bits per heavy atom. The smallest absolute Gasteiger partial charge is 1.00 e. The van der Waals surface area contributed by atoms with Gasteiger partial charge in [-0.25, -0.2) is 0 Å². The maximum Gasteiger partial charge on any atom is -1.00 e. The van der Waals surface area contributed by atoms with Gasteiger partial charge in [0.15, 0.2) is 0 Å². The second-order valence-electron chi connectivity index (χ2n) is 0.143. The van der Waals surface area contributed by atoms with E-state index in [0.717, 1.165) is 0 Å². The van der Waals surface area contributed by atoms with Crippen molar-refractivity contribution in [3.63, 3.8) is 0 Å². The fourth-order valence-electron chi connectivity index (χ4n) is 0. The fourth-order valence-corrected chi connectivity index (χ4v) is 0. The molecule has 0 aliphatic heterocycles. The molecule has 0 aromatic rings. The molecule has 0 aliphatic rings. The molecule has 0 bridgehead atoms. The number of hydrogen-bond acceptors (Lipinski definition) is 0. The summed E-state index contributed by atoms with van der Waals surface area (Å²) < 4.78 is 0. The van der Waals surface area contributed by atoms with Crippen molar-refractivity contribution in [1.82, 2.24) is 0 Å². The van der Waals surface area contributed by atoms with Crippen molar-refractivity contribution >= 4 is 79.3 Å². The average molecular weight is 305 g/mol. The molecule has 5 heavy (non-hydrogen) atoms. The molecule has 0 radical (unpaired) electrons. The molecule has 0 saturated carbocycles. The summed E-state index contributed by atoms with van der Waals surface area (Å²) in [5.41, 5.74) is 0. The molecular weight excluding hydrogens is 303 g/mol. The summed E-state index contributed by atoms with van der Waals surface area (Å²) in [5, 5.41) is 0. The van der Waals surface area contributed by atoms with E-state index >= 15 is 0 Å². The van der Waals surface area contributed by atoms with Gasteiger partial charge in [-0.05, 0) is 0 Å². The van der Waals surface area contributed by atoms with Crippen LogP contribution in [0.5, 0.6) is 0 Å². The van der Waals surface area contributed by atoms with E-state index in [-0.39, 0.29) is 51.7 Å². The van der Waals surface area contributed by atoms with Crippen LogP contribution in [0.1, 0.15) is 2.85 Å². The third-order valence-electron chi connectivity index (χ3n) is 0. The molecule has 34 valence electrons. The van der Waals surface area contributed by atoms with E-state index in [4.69, 9.17) is 30.4 Å². The molecule has 0 aromatic heterocycles. The Morgan fingerprint density at radius 1 is 1.20 bits per heavy atom. The van der Waals surface area contributed by atoms with Gasteiger partial charge < -0.3 is 2.85 Å². The van der Waals surface area contributed by atoms with Crippen molar-refractivity contribution in [2.45, 2.75) is 0 Å². The molecule has 0 spiro atoms. The van der Waals surface area contributed by atoms with Crippen LogP contribution in [0.25, 0.3) is 0 Å². The topological polar surface area (TPSA) is 0 Å². The van der Waals surface area contributed by atoms with E-state index in [9.17, 15) is 0 Å². The zero-order chi connectivity index (χ0) is 3.58. The SMILES string of the molecule is [Ba+2].[Cl][Co]([Cl])[Cl].[H-].[H-]. The molecule has 0 atom stereocenters. The summed E-state index contributed by atoms with van der Waals surface area (Å²) in [4.78, 5) is 0. The summed E-state index contributed by atoms with van der Waals surface area (Å²) in [6.07, 6.45) is 0. The number of halogens is 3. The summed E-state index contributed by atoms with van der Waals surface area (Å²) in [6, 6.07) is 0. The molecule has 5 heteroatoms. The van der Waals surface area contributed by atoms with E-state index in [2.05, 4.69) is 0 Å². The minimum atomic E-state index is -1.19.